The van der Waals surface area contributed by atoms with Crippen LogP contribution >= 0.6 is 0 Å². The molecule has 7 nitrogen and oxygen atoms in total. The smallest absolute Gasteiger partial charge is 0.248 e. The van der Waals surface area contributed by atoms with Gasteiger partial charge in [-0.25, -0.2) is 8.42 Å². The van der Waals surface area contributed by atoms with Crippen LogP contribution in [0.3, 0.4) is 0 Å². The monoisotopic (exact) mass is 442 g/mol. The maximum absolute atomic E-state index is 13.0. The van der Waals surface area contributed by atoms with Gasteiger partial charge in [0, 0.05) is 24.9 Å². The number of nitrogens with one attached hydrogen (secondary N) is 1. The molecule has 164 valence electrons. The Morgan fingerprint density at radius 2 is 1.90 bits per heavy atom. The molecule has 0 unspecified atom stereocenters. The Bertz CT molecular complexity index is 1060. The molecule has 31 heavy (non-hydrogen) atoms. The fraction of sp³-hybridized carbons (Fsp3) is 0.261. The molecule has 1 N–H and O–H groups in total. The maximum atomic E-state index is 13.0. The van der Waals surface area contributed by atoms with Crippen LogP contribution in [0.25, 0.3) is 6.08 Å². The number of aryl methyl sites for hydroxylation is 1. The topological polar surface area (TPSA) is 84.9 Å². The number of benzene rings is 2. The van der Waals surface area contributed by atoms with Gasteiger partial charge in [-0.05, 0) is 48.4 Å². The second-order valence-corrected chi connectivity index (χ2v) is 8.89. The van der Waals surface area contributed by atoms with Gasteiger partial charge >= 0.3 is 0 Å². The summed E-state index contributed by atoms with van der Waals surface area (Å²) in [5.74, 6) is 0.362. The van der Waals surface area contributed by atoms with Crippen LogP contribution in [0.2, 0.25) is 0 Å². The van der Waals surface area contributed by atoms with Crippen LogP contribution in [0.1, 0.15) is 11.1 Å². The van der Waals surface area contributed by atoms with E-state index in [1.807, 2.05) is 24.3 Å². The van der Waals surface area contributed by atoms with E-state index < -0.39 is 10.0 Å². The van der Waals surface area contributed by atoms with Crippen molar-refractivity contribution in [1.29, 1.82) is 0 Å². The lowest BCUT2D eigenvalue weighted by Gasteiger charge is -2.26. The lowest BCUT2D eigenvalue weighted by Crippen LogP contribution is -2.40. The highest BCUT2D eigenvalue weighted by atomic mass is 32.2. The van der Waals surface area contributed by atoms with Crippen molar-refractivity contribution >= 4 is 27.7 Å². The third-order valence-corrected chi connectivity index (χ3v) is 6.76. The van der Waals surface area contributed by atoms with Crippen molar-refractivity contribution < 1.29 is 22.7 Å². The zero-order valence-corrected chi connectivity index (χ0v) is 18.2. The Balaban J connectivity index is 1.68. The van der Waals surface area contributed by atoms with Crippen molar-refractivity contribution in [2.45, 2.75) is 11.8 Å². The van der Waals surface area contributed by atoms with Gasteiger partial charge < -0.3 is 14.8 Å². The molecule has 0 atom stereocenters. The van der Waals surface area contributed by atoms with Gasteiger partial charge in [0.05, 0.1) is 18.1 Å². The first-order chi connectivity index (χ1) is 14.9. The van der Waals surface area contributed by atoms with Crippen molar-refractivity contribution in [3.8, 4) is 5.75 Å². The van der Waals surface area contributed by atoms with E-state index in [9.17, 15) is 13.2 Å². The predicted octanol–water partition coefficient (Wildman–Crippen LogP) is 3.23. The summed E-state index contributed by atoms with van der Waals surface area (Å²) in [6.45, 7) is 7.16. The van der Waals surface area contributed by atoms with E-state index in [0.29, 0.717) is 44.2 Å². The number of anilines is 1. The molecular formula is C23H26N2O5S. The van der Waals surface area contributed by atoms with Crippen molar-refractivity contribution in [2.24, 2.45) is 0 Å². The molecule has 0 bridgehead atoms. The van der Waals surface area contributed by atoms with Crippen molar-refractivity contribution in [2.75, 3.05) is 38.2 Å². The molecule has 1 amide bonds. The summed E-state index contributed by atoms with van der Waals surface area (Å²) in [4.78, 5) is 12.5. The summed E-state index contributed by atoms with van der Waals surface area (Å²) < 4.78 is 38.0. The van der Waals surface area contributed by atoms with Crippen LogP contribution in [0, 0.1) is 6.92 Å². The number of hydrogen-bond acceptors (Lipinski definition) is 5. The molecule has 0 aliphatic carbocycles. The molecule has 0 aromatic heterocycles. The van der Waals surface area contributed by atoms with E-state index >= 15 is 0 Å². The van der Waals surface area contributed by atoms with E-state index in [2.05, 4.69) is 11.9 Å². The number of ether oxygens (including phenoxy) is 2. The molecule has 1 heterocycles. The minimum Gasteiger partial charge on any atom is -0.490 e. The maximum Gasteiger partial charge on any atom is 0.248 e. The molecule has 1 saturated heterocycles. The van der Waals surface area contributed by atoms with E-state index in [4.69, 9.17) is 9.47 Å². The lowest BCUT2D eigenvalue weighted by atomic mass is 10.2. The van der Waals surface area contributed by atoms with Crippen molar-refractivity contribution in [3.63, 3.8) is 0 Å². The molecule has 2 aromatic carbocycles. The van der Waals surface area contributed by atoms with Crippen LogP contribution in [-0.2, 0) is 19.6 Å². The molecule has 2 aromatic rings. The van der Waals surface area contributed by atoms with Gasteiger partial charge in [-0.1, -0.05) is 30.9 Å². The fourth-order valence-corrected chi connectivity index (χ4v) is 4.73. The molecule has 3 rings (SSSR count). The summed E-state index contributed by atoms with van der Waals surface area (Å²) >= 11 is 0. The summed E-state index contributed by atoms with van der Waals surface area (Å²) in [6.07, 6.45) is 4.74. The third-order valence-electron chi connectivity index (χ3n) is 4.72. The zero-order valence-electron chi connectivity index (χ0n) is 17.4. The fourth-order valence-electron chi connectivity index (χ4n) is 3.07. The normalized spacial score (nSPS) is 15.0. The first kappa shape index (κ1) is 22.7. The van der Waals surface area contributed by atoms with Crippen molar-refractivity contribution in [1.82, 2.24) is 4.31 Å². The van der Waals surface area contributed by atoms with E-state index in [1.54, 1.807) is 31.2 Å². The molecule has 0 spiro atoms. The van der Waals surface area contributed by atoms with E-state index in [1.165, 1.54) is 16.4 Å². The Labute approximate surface area is 183 Å². The minimum atomic E-state index is -3.65. The van der Waals surface area contributed by atoms with Crippen LogP contribution in [-0.4, -0.2) is 51.5 Å². The number of nitrogens with zero attached hydrogens (tertiary/aromatic N) is 1. The SMILES string of the molecule is C=CCOc1ccc(/C=C/C(=O)Nc2ccc(C)c(S(=O)(=O)N3CCOCC3)c2)cc1. The number of rotatable bonds is 8. The van der Waals surface area contributed by atoms with Gasteiger partial charge in [-0.15, -0.1) is 0 Å². The summed E-state index contributed by atoms with van der Waals surface area (Å²) in [5, 5.41) is 2.72. The summed E-state index contributed by atoms with van der Waals surface area (Å²) in [6, 6.07) is 12.2. The first-order valence-corrected chi connectivity index (χ1v) is 11.4. The number of sulfonamides is 1. The second-order valence-electron chi connectivity index (χ2n) is 6.99. The molecule has 8 heteroatoms. The molecular weight excluding hydrogens is 416 g/mol. The largest absolute Gasteiger partial charge is 0.490 e. The Hall–Kier alpha value is -2.94. The zero-order chi connectivity index (χ0) is 22.3. The molecule has 0 saturated carbocycles. The van der Waals surface area contributed by atoms with Gasteiger partial charge in [0.1, 0.15) is 12.4 Å². The molecule has 0 radical (unpaired) electrons. The van der Waals surface area contributed by atoms with Gasteiger partial charge in [-0.2, -0.15) is 4.31 Å². The van der Waals surface area contributed by atoms with Gasteiger partial charge in [0.25, 0.3) is 0 Å². The van der Waals surface area contributed by atoms with Crippen LogP contribution in [0.15, 0.2) is 66.1 Å². The Morgan fingerprint density at radius 3 is 2.58 bits per heavy atom. The standard InChI is InChI=1S/C23H26N2O5S/c1-3-14-30-21-9-5-19(6-10-21)7-11-23(26)24-20-8-4-18(2)22(17-20)31(27,28)25-12-15-29-16-13-25/h3-11,17H,1,12-16H2,2H3,(H,24,26)/b11-7+. The molecule has 1 fully saturated rings. The van der Waals surface area contributed by atoms with Crippen LogP contribution in [0.4, 0.5) is 5.69 Å². The van der Waals surface area contributed by atoms with Crippen LogP contribution < -0.4 is 10.1 Å². The summed E-state index contributed by atoms with van der Waals surface area (Å²) in [5.41, 5.74) is 1.87. The Morgan fingerprint density at radius 1 is 1.19 bits per heavy atom. The number of amides is 1. The van der Waals surface area contributed by atoms with Gasteiger partial charge in [0.15, 0.2) is 0 Å². The van der Waals surface area contributed by atoms with Crippen molar-refractivity contribution in [3.05, 3.63) is 72.3 Å². The highest BCUT2D eigenvalue weighted by Crippen LogP contribution is 2.24. The minimum absolute atomic E-state index is 0.186. The molecule has 1 aliphatic heterocycles. The third kappa shape index (κ3) is 6.04. The summed E-state index contributed by atoms with van der Waals surface area (Å²) in [7, 11) is -3.65. The highest BCUT2D eigenvalue weighted by Gasteiger charge is 2.28. The van der Waals surface area contributed by atoms with E-state index in [0.717, 1.165) is 11.3 Å². The highest BCUT2D eigenvalue weighted by molar-refractivity contribution is 7.89. The number of carbonyl (C=O) groups is 1. The average molecular weight is 443 g/mol. The van der Waals surface area contributed by atoms with Crippen LogP contribution in [0.5, 0.6) is 5.75 Å². The first-order valence-electron chi connectivity index (χ1n) is 9.91. The lowest BCUT2D eigenvalue weighted by molar-refractivity contribution is -0.111. The average Bonchev–Trinajstić information content (AvgIpc) is 2.78. The number of morpholine rings is 1. The quantitative estimate of drug-likeness (QED) is 0.501. The van der Waals surface area contributed by atoms with E-state index in [-0.39, 0.29) is 10.8 Å². The van der Waals surface area contributed by atoms with Gasteiger partial charge in [0.2, 0.25) is 15.9 Å². The predicted molar refractivity (Wildman–Crippen MR) is 121 cm³/mol. The number of hydrogen-bond donors (Lipinski definition) is 1. The second kappa shape index (κ2) is 10.4. The molecule has 1 aliphatic rings. The number of carbonyl (C=O) groups excluding carboxylic acids is 1. The Kier molecular flexibility index (Phi) is 7.62. The van der Waals surface area contributed by atoms with Gasteiger partial charge in [-0.3, -0.25) is 4.79 Å².